The Labute approximate surface area is 161 Å². The molecule has 7 heteroatoms. The average molecular weight is 381 g/mol. The molecule has 3 rings (SSSR count). The molecule has 0 bridgehead atoms. The first kappa shape index (κ1) is 18.7. The summed E-state index contributed by atoms with van der Waals surface area (Å²) >= 11 is 1.33. The number of rotatable bonds is 6. The van der Waals surface area contributed by atoms with E-state index in [1.54, 1.807) is 31.2 Å². The predicted octanol–water partition coefficient (Wildman–Crippen LogP) is 3.70. The lowest BCUT2D eigenvalue weighted by atomic mass is 10.3. The molecule has 0 spiro atoms. The Kier molecular flexibility index (Phi) is 5.93. The molecule has 0 radical (unpaired) electrons. The summed E-state index contributed by atoms with van der Waals surface area (Å²) in [4.78, 5) is 28.8. The van der Waals surface area contributed by atoms with Gasteiger partial charge >= 0.3 is 0 Å². The Morgan fingerprint density at radius 3 is 2.44 bits per heavy atom. The largest absolute Gasteiger partial charge is 0.457 e. The van der Waals surface area contributed by atoms with Crippen molar-refractivity contribution < 1.29 is 9.53 Å². The Balaban J connectivity index is 1.66. The maximum Gasteiger partial charge on any atom is 0.254 e. The van der Waals surface area contributed by atoms with Gasteiger partial charge in [0.15, 0.2) is 5.16 Å². The smallest absolute Gasteiger partial charge is 0.254 e. The second-order valence-corrected chi connectivity index (χ2v) is 6.57. The summed E-state index contributed by atoms with van der Waals surface area (Å²) in [6, 6.07) is 17.9. The molecule has 0 aliphatic heterocycles. The van der Waals surface area contributed by atoms with Crippen LogP contribution in [0, 0.1) is 6.92 Å². The van der Waals surface area contributed by atoms with Crippen LogP contribution in [0.2, 0.25) is 0 Å². The number of carbonyl (C=O) groups is 1. The molecule has 1 aromatic heterocycles. The van der Waals surface area contributed by atoms with Crippen molar-refractivity contribution >= 4 is 23.4 Å². The summed E-state index contributed by atoms with van der Waals surface area (Å²) in [6.07, 6.45) is 1.82. The normalized spacial score (nSPS) is 10.4. The molecule has 0 aliphatic rings. The maximum absolute atomic E-state index is 12.3. The maximum atomic E-state index is 12.3. The summed E-state index contributed by atoms with van der Waals surface area (Å²) in [5.74, 6) is 1.11. The van der Waals surface area contributed by atoms with Gasteiger partial charge < -0.3 is 10.1 Å². The fourth-order valence-corrected chi connectivity index (χ4v) is 3.08. The second kappa shape index (κ2) is 8.55. The van der Waals surface area contributed by atoms with Crippen LogP contribution in [0.15, 0.2) is 70.6 Å². The number of carbonyl (C=O) groups excluding carboxylic acids is 1. The van der Waals surface area contributed by atoms with Crippen LogP contribution in [0.4, 0.5) is 5.69 Å². The highest BCUT2D eigenvalue weighted by Crippen LogP contribution is 2.22. The van der Waals surface area contributed by atoms with Gasteiger partial charge in [-0.05, 0) is 49.6 Å². The van der Waals surface area contributed by atoms with Crippen molar-refractivity contribution in [3.8, 4) is 11.5 Å². The number of ether oxygens (including phenoxy) is 1. The molecule has 27 heavy (non-hydrogen) atoms. The first-order valence-electron chi connectivity index (χ1n) is 8.30. The monoisotopic (exact) mass is 381 g/mol. The molecule has 0 saturated heterocycles. The summed E-state index contributed by atoms with van der Waals surface area (Å²) < 4.78 is 7.08. The molecule has 0 atom stereocenters. The Hall–Kier alpha value is -3.06. The van der Waals surface area contributed by atoms with Crippen molar-refractivity contribution in [2.24, 2.45) is 0 Å². The first-order chi connectivity index (χ1) is 13.0. The Morgan fingerprint density at radius 2 is 1.78 bits per heavy atom. The third-order valence-corrected chi connectivity index (χ3v) is 4.38. The molecule has 1 N–H and O–H groups in total. The number of amides is 1. The van der Waals surface area contributed by atoms with Crippen LogP contribution in [0.25, 0.3) is 0 Å². The van der Waals surface area contributed by atoms with Gasteiger partial charge in [0.2, 0.25) is 5.91 Å². The van der Waals surface area contributed by atoms with Crippen molar-refractivity contribution in [2.75, 3.05) is 11.6 Å². The fourth-order valence-electron chi connectivity index (χ4n) is 2.47. The van der Waals surface area contributed by atoms with Crippen LogP contribution in [0.5, 0.6) is 11.5 Å². The molecule has 138 valence electrons. The minimum absolute atomic E-state index is 0.0927. The number of thioether (sulfide) groups is 1. The van der Waals surface area contributed by atoms with E-state index in [2.05, 4.69) is 10.3 Å². The van der Waals surface area contributed by atoms with E-state index in [0.717, 1.165) is 5.75 Å². The lowest BCUT2D eigenvalue weighted by molar-refractivity contribution is -0.116. The van der Waals surface area contributed by atoms with Crippen LogP contribution < -0.4 is 15.6 Å². The number of nitrogens with zero attached hydrogens (tertiary/aromatic N) is 2. The molecule has 0 aliphatic carbocycles. The molecule has 3 aromatic rings. The lowest BCUT2D eigenvalue weighted by Crippen LogP contribution is -2.29. The zero-order chi connectivity index (χ0) is 19.2. The summed E-state index contributed by atoms with van der Waals surface area (Å²) in [5.41, 5.74) is 1.02. The van der Waals surface area contributed by atoms with Crippen molar-refractivity contribution in [2.45, 2.75) is 18.6 Å². The highest BCUT2D eigenvalue weighted by atomic mass is 32.2. The van der Waals surface area contributed by atoms with E-state index in [9.17, 15) is 9.59 Å². The van der Waals surface area contributed by atoms with E-state index in [1.807, 2.05) is 36.6 Å². The number of aromatic nitrogens is 2. The molecule has 0 unspecified atom stereocenters. The van der Waals surface area contributed by atoms with E-state index >= 15 is 0 Å². The molecular weight excluding hydrogens is 362 g/mol. The molecule has 1 heterocycles. The zero-order valence-corrected chi connectivity index (χ0v) is 15.8. The van der Waals surface area contributed by atoms with Crippen LogP contribution in [-0.4, -0.2) is 21.7 Å². The van der Waals surface area contributed by atoms with Gasteiger partial charge in [-0.15, -0.1) is 0 Å². The highest BCUT2D eigenvalue weighted by Gasteiger charge is 2.11. The number of hydrogen-bond acceptors (Lipinski definition) is 5. The van der Waals surface area contributed by atoms with Crippen molar-refractivity contribution in [3.63, 3.8) is 0 Å². The molecule has 2 aromatic carbocycles. The van der Waals surface area contributed by atoms with E-state index in [4.69, 9.17) is 4.74 Å². The quantitative estimate of drug-likeness (QED) is 0.521. The van der Waals surface area contributed by atoms with E-state index in [0.29, 0.717) is 22.3 Å². The standard InChI is InChI=1S/C20H19N3O3S/c1-14-12-19(25)23(20(21-14)27-2)13-18(24)22-15-8-10-17(11-9-15)26-16-6-4-3-5-7-16/h3-12H,13H2,1-2H3,(H,22,24). The minimum Gasteiger partial charge on any atom is -0.457 e. The highest BCUT2D eigenvalue weighted by molar-refractivity contribution is 7.98. The fraction of sp³-hybridized carbons (Fsp3) is 0.150. The summed E-state index contributed by atoms with van der Waals surface area (Å²) in [6.45, 7) is 1.66. The predicted molar refractivity (Wildman–Crippen MR) is 107 cm³/mol. The Bertz CT molecular complexity index is 986. The van der Waals surface area contributed by atoms with Crippen molar-refractivity contribution in [1.29, 1.82) is 0 Å². The number of hydrogen-bond donors (Lipinski definition) is 1. The Morgan fingerprint density at radius 1 is 1.11 bits per heavy atom. The van der Waals surface area contributed by atoms with Gasteiger partial charge in [-0.25, -0.2) is 4.98 Å². The van der Waals surface area contributed by atoms with E-state index < -0.39 is 0 Å². The minimum atomic E-state index is -0.296. The van der Waals surface area contributed by atoms with Crippen LogP contribution >= 0.6 is 11.8 Å². The number of nitrogens with one attached hydrogen (secondary N) is 1. The van der Waals surface area contributed by atoms with Gasteiger partial charge in [0.05, 0.1) is 0 Å². The summed E-state index contributed by atoms with van der Waals surface area (Å²) in [5, 5.41) is 3.30. The zero-order valence-electron chi connectivity index (χ0n) is 15.0. The topological polar surface area (TPSA) is 73.2 Å². The average Bonchev–Trinajstić information content (AvgIpc) is 2.66. The van der Waals surface area contributed by atoms with Gasteiger partial charge in [-0.1, -0.05) is 30.0 Å². The lowest BCUT2D eigenvalue weighted by Gasteiger charge is -2.11. The number of benzene rings is 2. The summed E-state index contributed by atoms with van der Waals surface area (Å²) in [7, 11) is 0. The van der Waals surface area contributed by atoms with Gasteiger partial charge in [-0.2, -0.15) is 0 Å². The van der Waals surface area contributed by atoms with Gasteiger partial charge in [0.25, 0.3) is 5.56 Å². The van der Waals surface area contributed by atoms with Crippen molar-refractivity contribution in [3.05, 3.63) is 76.7 Å². The number of aryl methyl sites for hydroxylation is 1. The molecular formula is C20H19N3O3S. The van der Waals surface area contributed by atoms with Gasteiger partial charge in [0, 0.05) is 17.4 Å². The van der Waals surface area contributed by atoms with Crippen LogP contribution in [0.3, 0.4) is 0 Å². The van der Waals surface area contributed by atoms with E-state index in [-0.39, 0.29) is 18.0 Å². The second-order valence-electron chi connectivity index (χ2n) is 5.80. The molecule has 0 saturated carbocycles. The van der Waals surface area contributed by atoms with Gasteiger partial charge in [0.1, 0.15) is 18.0 Å². The van der Waals surface area contributed by atoms with E-state index in [1.165, 1.54) is 22.4 Å². The first-order valence-corrected chi connectivity index (χ1v) is 9.53. The van der Waals surface area contributed by atoms with Crippen LogP contribution in [0.1, 0.15) is 5.69 Å². The van der Waals surface area contributed by atoms with Gasteiger partial charge in [-0.3, -0.25) is 14.2 Å². The third-order valence-electron chi connectivity index (χ3n) is 3.70. The molecule has 1 amide bonds. The molecule has 0 fully saturated rings. The van der Waals surface area contributed by atoms with Crippen molar-refractivity contribution in [1.82, 2.24) is 9.55 Å². The third kappa shape index (κ3) is 4.98. The number of para-hydroxylation sites is 1. The SMILES string of the molecule is CSc1nc(C)cc(=O)n1CC(=O)Nc1ccc(Oc2ccccc2)cc1. The van der Waals surface area contributed by atoms with Crippen LogP contribution in [-0.2, 0) is 11.3 Å². The molecule has 6 nitrogen and oxygen atoms in total. The number of anilines is 1.